The van der Waals surface area contributed by atoms with Crippen LogP contribution in [0.5, 0.6) is 0 Å². The number of anilines is 1. The van der Waals surface area contributed by atoms with E-state index >= 15 is 0 Å². The van der Waals surface area contributed by atoms with Gasteiger partial charge in [-0.25, -0.2) is 0 Å². The van der Waals surface area contributed by atoms with Gasteiger partial charge < -0.3 is 10.1 Å². The van der Waals surface area contributed by atoms with Gasteiger partial charge in [-0.05, 0) is 35.4 Å². The van der Waals surface area contributed by atoms with Crippen molar-refractivity contribution in [1.82, 2.24) is 4.90 Å². The van der Waals surface area contributed by atoms with Gasteiger partial charge in [0, 0.05) is 49.5 Å². The van der Waals surface area contributed by atoms with Crippen LogP contribution < -0.4 is 5.32 Å². The molecule has 0 aromatic heterocycles. The summed E-state index contributed by atoms with van der Waals surface area (Å²) < 4.78 is 5.09. The molecular formula is C20H24N2O2S. The Morgan fingerprint density at radius 3 is 2.60 bits per heavy atom. The van der Waals surface area contributed by atoms with Crippen LogP contribution in [0.2, 0.25) is 0 Å². The maximum Gasteiger partial charge on any atom is 0.255 e. The van der Waals surface area contributed by atoms with E-state index in [2.05, 4.69) is 22.3 Å². The van der Waals surface area contributed by atoms with Crippen LogP contribution in [0.4, 0.5) is 5.69 Å². The van der Waals surface area contributed by atoms with Crippen LogP contribution >= 0.6 is 11.8 Å². The molecule has 0 atom stereocenters. The number of benzene rings is 2. The van der Waals surface area contributed by atoms with Gasteiger partial charge in [0.1, 0.15) is 0 Å². The molecule has 1 aliphatic heterocycles. The van der Waals surface area contributed by atoms with Gasteiger partial charge >= 0.3 is 0 Å². The minimum Gasteiger partial charge on any atom is -0.380 e. The van der Waals surface area contributed by atoms with Crippen LogP contribution in [0, 0.1) is 0 Å². The number of hydrogen-bond acceptors (Lipinski definition) is 4. The third kappa shape index (κ3) is 5.33. The molecule has 0 radical (unpaired) electrons. The fourth-order valence-electron chi connectivity index (χ4n) is 2.89. The number of thioether (sulfide) groups is 1. The summed E-state index contributed by atoms with van der Waals surface area (Å²) in [5.74, 6) is 2.32. The SMILES string of the molecule is COCc1ccc(C(=O)Nc2cccc(CN3CCSCC3)c2)cc1. The van der Waals surface area contributed by atoms with Crippen molar-refractivity contribution < 1.29 is 9.53 Å². The summed E-state index contributed by atoms with van der Waals surface area (Å²) in [6.45, 7) is 3.76. The third-order valence-electron chi connectivity index (χ3n) is 4.22. The quantitative estimate of drug-likeness (QED) is 0.858. The Labute approximate surface area is 153 Å². The predicted octanol–water partition coefficient (Wildman–Crippen LogP) is 3.63. The lowest BCUT2D eigenvalue weighted by atomic mass is 10.1. The number of amides is 1. The van der Waals surface area contributed by atoms with Gasteiger partial charge in [0.15, 0.2) is 0 Å². The minimum atomic E-state index is -0.0875. The number of nitrogens with one attached hydrogen (secondary N) is 1. The Hall–Kier alpha value is -1.82. The van der Waals surface area contributed by atoms with Gasteiger partial charge in [0.2, 0.25) is 0 Å². The molecule has 4 nitrogen and oxygen atoms in total. The van der Waals surface area contributed by atoms with Gasteiger partial charge in [-0.3, -0.25) is 9.69 Å². The number of hydrogen-bond donors (Lipinski definition) is 1. The van der Waals surface area contributed by atoms with Gasteiger partial charge in [0.25, 0.3) is 5.91 Å². The summed E-state index contributed by atoms with van der Waals surface area (Å²) >= 11 is 2.02. The van der Waals surface area contributed by atoms with E-state index in [0.29, 0.717) is 12.2 Å². The molecule has 0 aliphatic carbocycles. The molecule has 1 N–H and O–H groups in total. The molecule has 3 rings (SSSR count). The highest BCUT2D eigenvalue weighted by atomic mass is 32.2. The highest BCUT2D eigenvalue weighted by Crippen LogP contribution is 2.17. The molecule has 0 unspecified atom stereocenters. The third-order valence-corrected chi connectivity index (χ3v) is 5.16. The average molecular weight is 356 g/mol. The zero-order valence-corrected chi connectivity index (χ0v) is 15.3. The zero-order valence-electron chi connectivity index (χ0n) is 14.5. The first-order valence-electron chi connectivity index (χ1n) is 8.53. The van der Waals surface area contributed by atoms with Gasteiger partial charge in [-0.15, -0.1) is 0 Å². The minimum absolute atomic E-state index is 0.0875. The smallest absolute Gasteiger partial charge is 0.255 e. The molecule has 1 heterocycles. The average Bonchev–Trinajstić information content (AvgIpc) is 2.64. The summed E-state index contributed by atoms with van der Waals surface area (Å²) in [6.07, 6.45) is 0. The van der Waals surface area contributed by atoms with Gasteiger partial charge in [0.05, 0.1) is 6.61 Å². The molecular weight excluding hydrogens is 332 g/mol. The van der Waals surface area contributed by atoms with Crippen LogP contribution in [0.3, 0.4) is 0 Å². The molecule has 0 bridgehead atoms. The van der Waals surface area contributed by atoms with E-state index in [1.807, 2.05) is 48.2 Å². The van der Waals surface area contributed by atoms with Crippen molar-refractivity contribution in [2.75, 3.05) is 37.0 Å². The fraction of sp³-hybridized carbons (Fsp3) is 0.350. The highest BCUT2D eigenvalue weighted by molar-refractivity contribution is 7.99. The second-order valence-corrected chi connectivity index (χ2v) is 7.40. The van der Waals surface area contributed by atoms with E-state index in [-0.39, 0.29) is 5.91 Å². The predicted molar refractivity (Wildman–Crippen MR) is 104 cm³/mol. The Morgan fingerprint density at radius 2 is 1.88 bits per heavy atom. The van der Waals surface area contributed by atoms with Crippen molar-refractivity contribution in [2.45, 2.75) is 13.2 Å². The van der Waals surface area contributed by atoms with Gasteiger partial charge in [-0.1, -0.05) is 24.3 Å². The molecule has 1 amide bonds. The van der Waals surface area contributed by atoms with Crippen LogP contribution in [0.25, 0.3) is 0 Å². The highest BCUT2D eigenvalue weighted by Gasteiger charge is 2.11. The monoisotopic (exact) mass is 356 g/mol. The number of carbonyl (C=O) groups excluding carboxylic acids is 1. The Morgan fingerprint density at radius 1 is 1.12 bits per heavy atom. The fourth-order valence-corrected chi connectivity index (χ4v) is 3.87. The first-order chi connectivity index (χ1) is 12.2. The lowest BCUT2D eigenvalue weighted by molar-refractivity contribution is 0.102. The summed E-state index contributed by atoms with van der Waals surface area (Å²) in [4.78, 5) is 14.9. The maximum atomic E-state index is 12.4. The van der Waals surface area contributed by atoms with Crippen molar-refractivity contribution in [3.63, 3.8) is 0 Å². The van der Waals surface area contributed by atoms with Gasteiger partial charge in [-0.2, -0.15) is 11.8 Å². The molecule has 0 spiro atoms. The molecule has 2 aromatic carbocycles. The van der Waals surface area contributed by atoms with Crippen LogP contribution in [0.1, 0.15) is 21.5 Å². The van der Waals surface area contributed by atoms with E-state index in [1.54, 1.807) is 7.11 Å². The van der Waals surface area contributed by atoms with E-state index < -0.39 is 0 Å². The summed E-state index contributed by atoms with van der Waals surface area (Å²) in [5.41, 5.74) is 3.79. The lowest BCUT2D eigenvalue weighted by Gasteiger charge is -2.26. The first-order valence-corrected chi connectivity index (χ1v) is 9.68. The largest absolute Gasteiger partial charge is 0.380 e. The molecule has 132 valence electrons. The topological polar surface area (TPSA) is 41.6 Å². The molecule has 1 saturated heterocycles. The maximum absolute atomic E-state index is 12.4. The second-order valence-electron chi connectivity index (χ2n) is 6.17. The molecule has 5 heteroatoms. The Bertz CT molecular complexity index is 697. The van der Waals surface area contributed by atoms with E-state index in [9.17, 15) is 4.79 Å². The van der Waals surface area contributed by atoms with E-state index in [0.717, 1.165) is 30.9 Å². The van der Waals surface area contributed by atoms with E-state index in [1.165, 1.54) is 17.1 Å². The molecule has 0 saturated carbocycles. The first kappa shape index (κ1) is 18.0. The standard InChI is InChI=1S/C20H24N2O2S/c1-24-15-16-5-7-18(8-6-16)20(23)21-19-4-2-3-17(13-19)14-22-9-11-25-12-10-22/h2-8,13H,9-12,14-15H2,1H3,(H,21,23). The normalized spacial score (nSPS) is 15.1. The van der Waals surface area contributed by atoms with Crippen molar-refractivity contribution in [1.29, 1.82) is 0 Å². The molecule has 1 fully saturated rings. The van der Waals surface area contributed by atoms with Crippen molar-refractivity contribution in [2.24, 2.45) is 0 Å². The molecule has 1 aliphatic rings. The van der Waals surface area contributed by atoms with Crippen molar-refractivity contribution in [3.05, 3.63) is 65.2 Å². The number of nitrogens with zero attached hydrogens (tertiary/aromatic N) is 1. The number of methoxy groups -OCH3 is 1. The van der Waals surface area contributed by atoms with Crippen molar-refractivity contribution in [3.8, 4) is 0 Å². The number of carbonyl (C=O) groups is 1. The summed E-state index contributed by atoms with van der Waals surface area (Å²) in [7, 11) is 1.66. The number of rotatable bonds is 6. The zero-order chi connectivity index (χ0) is 17.5. The van der Waals surface area contributed by atoms with Crippen LogP contribution in [-0.4, -0.2) is 42.5 Å². The van der Waals surface area contributed by atoms with Crippen LogP contribution in [0.15, 0.2) is 48.5 Å². The Balaban J connectivity index is 1.61. The lowest BCUT2D eigenvalue weighted by Crippen LogP contribution is -2.31. The van der Waals surface area contributed by atoms with Crippen LogP contribution in [-0.2, 0) is 17.9 Å². The second kappa shape index (κ2) is 9.04. The number of ether oxygens (including phenoxy) is 1. The van der Waals surface area contributed by atoms with Crippen molar-refractivity contribution >= 4 is 23.4 Å². The molecule has 25 heavy (non-hydrogen) atoms. The Kier molecular flexibility index (Phi) is 6.50. The molecule has 2 aromatic rings. The summed E-state index contributed by atoms with van der Waals surface area (Å²) in [5, 5.41) is 2.99. The summed E-state index contributed by atoms with van der Waals surface area (Å²) in [6, 6.07) is 15.6. The van der Waals surface area contributed by atoms with E-state index in [4.69, 9.17) is 4.74 Å².